The van der Waals surface area contributed by atoms with Crippen molar-refractivity contribution in [1.82, 2.24) is 0 Å². The largest absolute Gasteiger partial charge is 0.372 e. The van der Waals surface area contributed by atoms with Crippen molar-refractivity contribution in [3.05, 3.63) is 34.9 Å². The van der Waals surface area contributed by atoms with E-state index in [2.05, 4.69) is 26.0 Å². The highest BCUT2D eigenvalue weighted by molar-refractivity contribution is 5.98. The number of ether oxygens (including phenoxy) is 1. The van der Waals surface area contributed by atoms with E-state index in [-0.39, 0.29) is 5.92 Å². The number of rotatable bonds is 2. The minimum atomic E-state index is 0.221. The molecule has 3 rings (SSSR count). The molecule has 2 unspecified atom stereocenters. The topological polar surface area (TPSA) is 26.3 Å². The molecule has 0 radical (unpaired) electrons. The number of Topliss-reactive ketones (excluding diaryl/α,β-unsaturated/α-hetero) is 1. The first-order valence-corrected chi connectivity index (χ1v) is 7.37. The summed E-state index contributed by atoms with van der Waals surface area (Å²) in [6.45, 7) is 5.90. The molecule has 0 saturated heterocycles. The molecular weight excluding hydrogens is 236 g/mol. The molecule has 1 fully saturated rings. The average Bonchev–Trinajstić information content (AvgIpc) is 2.83. The zero-order valence-electron chi connectivity index (χ0n) is 11.8. The Hall–Kier alpha value is -1.15. The maximum absolute atomic E-state index is 12.6. The van der Waals surface area contributed by atoms with Gasteiger partial charge in [0, 0.05) is 11.5 Å². The predicted molar refractivity (Wildman–Crippen MR) is 74.9 cm³/mol. The summed E-state index contributed by atoms with van der Waals surface area (Å²) in [4.78, 5) is 12.6. The van der Waals surface area contributed by atoms with Crippen molar-refractivity contribution in [3.8, 4) is 0 Å². The predicted octanol–water partition coefficient (Wildman–Crippen LogP) is 3.97. The van der Waals surface area contributed by atoms with Crippen LogP contribution in [-0.4, -0.2) is 5.78 Å². The van der Waals surface area contributed by atoms with E-state index < -0.39 is 0 Å². The van der Waals surface area contributed by atoms with E-state index in [0.717, 1.165) is 18.4 Å². The van der Waals surface area contributed by atoms with Crippen LogP contribution in [0.15, 0.2) is 18.2 Å². The average molecular weight is 258 g/mol. The number of fused-ring (bicyclic) bond motifs is 1. The van der Waals surface area contributed by atoms with Crippen molar-refractivity contribution in [1.29, 1.82) is 0 Å². The fourth-order valence-corrected chi connectivity index (χ4v) is 3.72. The molecule has 0 spiro atoms. The van der Waals surface area contributed by atoms with Crippen LogP contribution in [0.3, 0.4) is 0 Å². The highest BCUT2D eigenvalue weighted by Gasteiger charge is 2.29. The quantitative estimate of drug-likeness (QED) is 0.750. The Morgan fingerprint density at radius 2 is 1.74 bits per heavy atom. The standard InChI is InChI=1S/C17H22O2/c1-11-5-12(2)7-15(6-11)17(18)13-3-4-14-9-19-10-16(14)8-13/h3-4,8,11-12,15H,5-7,9-10H2,1-2H3. The highest BCUT2D eigenvalue weighted by atomic mass is 16.5. The molecule has 102 valence electrons. The lowest BCUT2D eigenvalue weighted by Crippen LogP contribution is -2.26. The number of carbonyl (C=O) groups is 1. The summed E-state index contributed by atoms with van der Waals surface area (Å²) in [5.41, 5.74) is 3.32. The van der Waals surface area contributed by atoms with Crippen LogP contribution < -0.4 is 0 Å². The highest BCUT2D eigenvalue weighted by Crippen LogP contribution is 2.35. The Balaban J connectivity index is 1.80. The van der Waals surface area contributed by atoms with Gasteiger partial charge in [0.05, 0.1) is 13.2 Å². The number of hydrogen-bond acceptors (Lipinski definition) is 2. The fraction of sp³-hybridized carbons (Fsp3) is 0.588. The van der Waals surface area contributed by atoms with E-state index >= 15 is 0 Å². The monoisotopic (exact) mass is 258 g/mol. The van der Waals surface area contributed by atoms with E-state index in [0.29, 0.717) is 30.8 Å². The summed E-state index contributed by atoms with van der Waals surface area (Å²) < 4.78 is 5.42. The molecular formula is C17H22O2. The first-order valence-electron chi connectivity index (χ1n) is 7.37. The number of benzene rings is 1. The zero-order chi connectivity index (χ0) is 13.4. The molecule has 0 bridgehead atoms. The molecule has 0 amide bonds. The minimum absolute atomic E-state index is 0.221. The Kier molecular flexibility index (Phi) is 3.44. The third kappa shape index (κ3) is 2.59. The van der Waals surface area contributed by atoms with E-state index in [1.165, 1.54) is 17.5 Å². The summed E-state index contributed by atoms with van der Waals surface area (Å²) in [5.74, 6) is 1.91. The van der Waals surface area contributed by atoms with Crippen molar-refractivity contribution in [2.45, 2.75) is 46.3 Å². The minimum Gasteiger partial charge on any atom is -0.372 e. The maximum Gasteiger partial charge on any atom is 0.165 e. The molecule has 2 atom stereocenters. The van der Waals surface area contributed by atoms with Crippen molar-refractivity contribution < 1.29 is 9.53 Å². The van der Waals surface area contributed by atoms with Crippen LogP contribution in [0.2, 0.25) is 0 Å². The van der Waals surface area contributed by atoms with Gasteiger partial charge in [0.2, 0.25) is 0 Å². The van der Waals surface area contributed by atoms with Crippen LogP contribution >= 0.6 is 0 Å². The van der Waals surface area contributed by atoms with Gasteiger partial charge in [-0.1, -0.05) is 26.0 Å². The van der Waals surface area contributed by atoms with Gasteiger partial charge in [-0.15, -0.1) is 0 Å². The lowest BCUT2D eigenvalue weighted by molar-refractivity contribution is 0.0836. The van der Waals surface area contributed by atoms with Gasteiger partial charge in [-0.3, -0.25) is 4.79 Å². The lowest BCUT2D eigenvalue weighted by atomic mass is 9.74. The van der Waals surface area contributed by atoms with Gasteiger partial charge in [-0.25, -0.2) is 0 Å². The Morgan fingerprint density at radius 3 is 2.47 bits per heavy atom. The van der Waals surface area contributed by atoms with Crippen LogP contribution in [-0.2, 0) is 18.0 Å². The second kappa shape index (κ2) is 5.09. The smallest absolute Gasteiger partial charge is 0.165 e. The van der Waals surface area contributed by atoms with E-state index in [9.17, 15) is 4.79 Å². The van der Waals surface area contributed by atoms with Crippen molar-refractivity contribution >= 4 is 5.78 Å². The summed E-state index contributed by atoms with van der Waals surface area (Å²) in [7, 11) is 0. The van der Waals surface area contributed by atoms with Gasteiger partial charge in [-0.2, -0.15) is 0 Å². The van der Waals surface area contributed by atoms with E-state index in [4.69, 9.17) is 4.74 Å². The van der Waals surface area contributed by atoms with Crippen LogP contribution in [0.25, 0.3) is 0 Å². The molecule has 1 heterocycles. The van der Waals surface area contributed by atoms with Gasteiger partial charge in [0.15, 0.2) is 5.78 Å². The normalized spacial score (nSPS) is 30.1. The summed E-state index contributed by atoms with van der Waals surface area (Å²) in [6.07, 6.45) is 3.37. The van der Waals surface area contributed by atoms with E-state index in [1.54, 1.807) is 0 Å². The Morgan fingerprint density at radius 1 is 1.05 bits per heavy atom. The van der Waals surface area contributed by atoms with Crippen molar-refractivity contribution in [2.75, 3.05) is 0 Å². The van der Waals surface area contributed by atoms with Crippen molar-refractivity contribution in [3.63, 3.8) is 0 Å². The maximum atomic E-state index is 12.6. The van der Waals surface area contributed by atoms with Crippen LogP contribution in [0.1, 0.15) is 54.6 Å². The molecule has 1 saturated carbocycles. The molecule has 19 heavy (non-hydrogen) atoms. The fourth-order valence-electron chi connectivity index (χ4n) is 3.72. The summed E-state index contributed by atoms with van der Waals surface area (Å²) in [5, 5.41) is 0. The van der Waals surface area contributed by atoms with Crippen LogP contribution in [0.5, 0.6) is 0 Å². The molecule has 2 heteroatoms. The SMILES string of the molecule is CC1CC(C)CC(C(=O)c2ccc3c(c2)COC3)C1. The second-order valence-corrected chi connectivity index (χ2v) is 6.45. The molecule has 1 aliphatic heterocycles. The second-order valence-electron chi connectivity index (χ2n) is 6.45. The van der Waals surface area contributed by atoms with Crippen LogP contribution in [0, 0.1) is 17.8 Å². The third-order valence-corrected chi connectivity index (χ3v) is 4.56. The van der Waals surface area contributed by atoms with Crippen LogP contribution in [0.4, 0.5) is 0 Å². The van der Waals surface area contributed by atoms with Gasteiger partial charge in [0.1, 0.15) is 0 Å². The van der Waals surface area contributed by atoms with E-state index in [1.807, 2.05) is 6.07 Å². The first-order chi connectivity index (χ1) is 9.13. The molecule has 2 nitrogen and oxygen atoms in total. The molecule has 2 aliphatic rings. The zero-order valence-corrected chi connectivity index (χ0v) is 11.8. The number of hydrogen-bond donors (Lipinski definition) is 0. The third-order valence-electron chi connectivity index (χ3n) is 4.56. The Labute approximate surface area is 115 Å². The molecule has 1 aromatic rings. The summed E-state index contributed by atoms with van der Waals surface area (Å²) in [6, 6.07) is 6.10. The lowest BCUT2D eigenvalue weighted by Gasteiger charge is -2.30. The van der Waals surface area contributed by atoms with Gasteiger partial charge < -0.3 is 4.74 Å². The number of ketones is 1. The molecule has 0 N–H and O–H groups in total. The molecule has 0 aromatic heterocycles. The van der Waals surface area contributed by atoms with Gasteiger partial charge in [-0.05, 0) is 48.3 Å². The summed E-state index contributed by atoms with van der Waals surface area (Å²) >= 11 is 0. The van der Waals surface area contributed by atoms with Crippen molar-refractivity contribution in [2.24, 2.45) is 17.8 Å². The number of carbonyl (C=O) groups excluding carboxylic acids is 1. The molecule has 1 aromatic carbocycles. The van der Waals surface area contributed by atoms with Gasteiger partial charge in [0.25, 0.3) is 0 Å². The first kappa shape index (κ1) is 12.9. The van der Waals surface area contributed by atoms with Gasteiger partial charge >= 0.3 is 0 Å². The molecule has 1 aliphatic carbocycles. The Bertz CT molecular complexity index is 482.